The number of hydrogen-bond donors (Lipinski definition) is 3. The van der Waals surface area contributed by atoms with E-state index in [4.69, 9.17) is 11.5 Å². The van der Waals surface area contributed by atoms with Gasteiger partial charge in [0.2, 0.25) is 0 Å². The number of nitrogen functional groups attached to an aromatic ring is 1. The standard InChI is InChI=1S/C10H15N5/c1-6(4-5-11)9-13-7-2-3-8(12)14-10(7)15-9/h2-3,6H,4-5,11H2,1H3,(H3,12,13,14,15). The van der Waals surface area contributed by atoms with E-state index in [9.17, 15) is 0 Å². The second-order valence-electron chi connectivity index (χ2n) is 3.71. The van der Waals surface area contributed by atoms with E-state index >= 15 is 0 Å². The van der Waals surface area contributed by atoms with Crippen molar-refractivity contribution in [2.24, 2.45) is 5.73 Å². The van der Waals surface area contributed by atoms with Gasteiger partial charge in [0, 0.05) is 5.92 Å². The lowest BCUT2D eigenvalue weighted by molar-refractivity contribution is 0.657. The molecule has 0 saturated heterocycles. The largest absolute Gasteiger partial charge is 0.384 e. The molecule has 80 valence electrons. The summed E-state index contributed by atoms with van der Waals surface area (Å²) < 4.78 is 0. The summed E-state index contributed by atoms with van der Waals surface area (Å²) in [5.41, 5.74) is 12.7. The minimum absolute atomic E-state index is 0.324. The number of anilines is 1. The average Bonchev–Trinajstić information content (AvgIpc) is 2.60. The summed E-state index contributed by atoms with van der Waals surface area (Å²) in [4.78, 5) is 11.8. The summed E-state index contributed by atoms with van der Waals surface area (Å²) in [5, 5.41) is 0. The van der Waals surface area contributed by atoms with Gasteiger partial charge in [0.15, 0.2) is 5.65 Å². The van der Waals surface area contributed by atoms with Crippen molar-refractivity contribution in [2.45, 2.75) is 19.3 Å². The molecule has 0 saturated carbocycles. The molecule has 2 heterocycles. The number of H-pyrrole nitrogens is 1. The number of fused-ring (bicyclic) bond motifs is 1. The van der Waals surface area contributed by atoms with Crippen LogP contribution in [0.3, 0.4) is 0 Å². The van der Waals surface area contributed by atoms with Crippen LogP contribution >= 0.6 is 0 Å². The molecular weight excluding hydrogens is 190 g/mol. The fourth-order valence-corrected chi connectivity index (χ4v) is 1.55. The number of imidazole rings is 1. The van der Waals surface area contributed by atoms with Crippen LogP contribution in [0.25, 0.3) is 11.2 Å². The molecule has 2 aromatic heterocycles. The van der Waals surface area contributed by atoms with Gasteiger partial charge in [-0.3, -0.25) is 0 Å². The number of rotatable bonds is 3. The number of aromatic nitrogens is 3. The molecule has 0 radical (unpaired) electrons. The highest BCUT2D eigenvalue weighted by Crippen LogP contribution is 2.18. The van der Waals surface area contributed by atoms with Crippen molar-refractivity contribution in [3.05, 3.63) is 18.0 Å². The van der Waals surface area contributed by atoms with Crippen molar-refractivity contribution in [3.8, 4) is 0 Å². The Hall–Kier alpha value is -1.62. The lowest BCUT2D eigenvalue weighted by Gasteiger charge is -2.04. The van der Waals surface area contributed by atoms with E-state index in [1.165, 1.54) is 0 Å². The van der Waals surface area contributed by atoms with Gasteiger partial charge in [-0.2, -0.15) is 0 Å². The Morgan fingerprint density at radius 3 is 2.93 bits per heavy atom. The molecule has 0 aliphatic carbocycles. The first kappa shape index (κ1) is 9.92. The zero-order chi connectivity index (χ0) is 10.8. The quantitative estimate of drug-likeness (QED) is 0.696. The zero-order valence-electron chi connectivity index (χ0n) is 8.70. The molecule has 2 rings (SSSR count). The normalized spacial score (nSPS) is 13.2. The Morgan fingerprint density at radius 2 is 2.20 bits per heavy atom. The monoisotopic (exact) mass is 205 g/mol. The maximum absolute atomic E-state index is 5.58. The van der Waals surface area contributed by atoms with Gasteiger partial charge in [-0.25, -0.2) is 9.97 Å². The maximum atomic E-state index is 5.58. The Labute approximate surface area is 87.9 Å². The Morgan fingerprint density at radius 1 is 1.40 bits per heavy atom. The average molecular weight is 205 g/mol. The Kier molecular flexibility index (Phi) is 2.55. The summed E-state index contributed by atoms with van der Waals surface area (Å²) in [6, 6.07) is 3.65. The van der Waals surface area contributed by atoms with Crippen molar-refractivity contribution in [1.82, 2.24) is 15.0 Å². The summed E-state index contributed by atoms with van der Waals surface area (Å²) in [7, 11) is 0. The van der Waals surface area contributed by atoms with Gasteiger partial charge in [0.1, 0.15) is 11.6 Å². The van der Waals surface area contributed by atoms with Gasteiger partial charge in [-0.05, 0) is 25.1 Å². The van der Waals surface area contributed by atoms with Crippen LogP contribution in [0.2, 0.25) is 0 Å². The number of hydrogen-bond acceptors (Lipinski definition) is 4. The lowest BCUT2D eigenvalue weighted by Crippen LogP contribution is -2.05. The van der Waals surface area contributed by atoms with E-state index in [1.807, 2.05) is 6.07 Å². The topological polar surface area (TPSA) is 93.6 Å². The summed E-state index contributed by atoms with van der Waals surface area (Å²) in [6.45, 7) is 2.75. The van der Waals surface area contributed by atoms with Crippen LogP contribution in [0.5, 0.6) is 0 Å². The Balaban J connectivity index is 2.38. The highest BCUT2D eigenvalue weighted by Gasteiger charge is 2.10. The number of pyridine rings is 1. The molecule has 5 nitrogen and oxygen atoms in total. The first-order valence-electron chi connectivity index (χ1n) is 5.03. The van der Waals surface area contributed by atoms with Crippen molar-refractivity contribution in [2.75, 3.05) is 12.3 Å². The van der Waals surface area contributed by atoms with Gasteiger partial charge < -0.3 is 16.5 Å². The van der Waals surface area contributed by atoms with Crippen LogP contribution in [-0.2, 0) is 0 Å². The van der Waals surface area contributed by atoms with Crippen molar-refractivity contribution >= 4 is 17.0 Å². The molecule has 5 heteroatoms. The van der Waals surface area contributed by atoms with Gasteiger partial charge in [0.25, 0.3) is 0 Å². The first-order valence-corrected chi connectivity index (χ1v) is 5.03. The van der Waals surface area contributed by atoms with Crippen LogP contribution in [-0.4, -0.2) is 21.5 Å². The molecule has 1 unspecified atom stereocenters. The minimum Gasteiger partial charge on any atom is -0.384 e. The summed E-state index contributed by atoms with van der Waals surface area (Å²) >= 11 is 0. The van der Waals surface area contributed by atoms with Crippen LogP contribution in [0, 0.1) is 0 Å². The van der Waals surface area contributed by atoms with E-state index in [2.05, 4.69) is 21.9 Å². The molecule has 0 amide bonds. The van der Waals surface area contributed by atoms with E-state index in [0.717, 1.165) is 17.8 Å². The van der Waals surface area contributed by atoms with Crippen molar-refractivity contribution in [1.29, 1.82) is 0 Å². The Bertz CT molecular complexity index is 462. The first-order chi connectivity index (χ1) is 7.20. The minimum atomic E-state index is 0.324. The third-order valence-electron chi connectivity index (χ3n) is 2.45. The third-order valence-corrected chi connectivity index (χ3v) is 2.45. The fraction of sp³-hybridized carbons (Fsp3) is 0.400. The number of aromatic amines is 1. The van der Waals surface area contributed by atoms with E-state index in [-0.39, 0.29) is 0 Å². The highest BCUT2D eigenvalue weighted by atomic mass is 15.0. The van der Waals surface area contributed by atoms with E-state index in [1.54, 1.807) is 6.07 Å². The molecule has 0 fully saturated rings. The van der Waals surface area contributed by atoms with E-state index < -0.39 is 0 Å². The second kappa shape index (κ2) is 3.86. The van der Waals surface area contributed by atoms with Gasteiger partial charge in [-0.1, -0.05) is 6.92 Å². The molecule has 2 aromatic rings. The molecule has 5 N–H and O–H groups in total. The lowest BCUT2D eigenvalue weighted by atomic mass is 10.1. The zero-order valence-corrected chi connectivity index (χ0v) is 8.70. The van der Waals surface area contributed by atoms with Gasteiger partial charge in [-0.15, -0.1) is 0 Å². The van der Waals surface area contributed by atoms with E-state index in [0.29, 0.717) is 23.9 Å². The molecule has 0 aliphatic heterocycles. The number of nitrogens with one attached hydrogen (secondary N) is 1. The van der Waals surface area contributed by atoms with Crippen molar-refractivity contribution < 1.29 is 0 Å². The predicted molar refractivity (Wildman–Crippen MR) is 60.4 cm³/mol. The molecule has 0 bridgehead atoms. The third kappa shape index (κ3) is 1.92. The summed E-state index contributed by atoms with van der Waals surface area (Å²) in [5.74, 6) is 1.74. The number of nitrogens with zero attached hydrogens (tertiary/aromatic N) is 2. The molecule has 0 spiro atoms. The van der Waals surface area contributed by atoms with Crippen LogP contribution < -0.4 is 11.5 Å². The molecule has 0 aliphatic rings. The van der Waals surface area contributed by atoms with Crippen LogP contribution in [0.1, 0.15) is 25.1 Å². The molecule has 15 heavy (non-hydrogen) atoms. The van der Waals surface area contributed by atoms with Crippen molar-refractivity contribution in [3.63, 3.8) is 0 Å². The SMILES string of the molecule is CC(CCN)c1nc2nc(N)ccc2[nH]1. The van der Waals surface area contributed by atoms with Crippen LogP contribution in [0.15, 0.2) is 12.1 Å². The fourth-order valence-electron chi connectivity index (χ4n) is 1.55. The maximum Gasteiger partial charge on any atom is 0.179 e. The predicted octanol–water partition coefficient (Wildman–Crippen LogP) is 0.992. The molecular formula is C10H15N5. The number of nitrogens with two attached hydrogens (primary N) is 2. The summed E-state index contributed by atoms with van der Waals surface area (Å²) in [6.07, 6.45) is 0.912. The highest BCUT2D eigenvalue weighted by molar-refractivity contribution is 5.72. The molecule has 0 aromatic carbocycles. The van der Waals surface area contributed by atoms with Gasteiger partial charge >= 0.3 is 0 Å². The second-order valence-corrected chi connectivity index (χ2v) is 3.71. The smallest absolute Gasteiger partial charge is 0.179 e. The van der Waals surface area contributed by atoms with Crippen LogP contribution in [0.4, 0.5) is 5.82 Å². The van der Waals surface area contributed by atoms with Gasteiger partial charge in [0.05, 0.1) is 5.52 Å². The molecule has 1 atom stereocenters.